The number of terminal acetylenes is 1. The van der Waals surface area contributed by atoms with Crippen LogP contribution in [0.1, 0.15) is 18.4 Å². The largest absolute Gasteiger partial charge is 0.481 e. The highest BCUT2D eigenvalue weighted by Gasteiger charge is 2.33. The first-order valence-electron chi connectivity index (χ1n) is 10.3. The Bertz CT molecular complexity index is 1110. The van der Waals surface area contributed by atoms with Gasteiger partial charge in [-0.1, -0.05) is 24.1 Å². The quantitative estimate of drug-likeness (QED) is 0.578. The molecule has 0 saturated carbocycles. The maximum atomic E-state index is 12.3. The summed E-state index contributed by atoms with van der Waals surface area (Å²) >= 11 is 1.58. The van der Waals surface area contributed by atoms with Crippen molar-refractivity contribution in [3.05, 3.63) is 69.8 Å². The van der Waals surface area contributed by atoms with Crippen molar-refractivity contribution in [2.24, 2.45) is 0 Å². The lowest BCUT2D eigenvalue weighted by Gasteiger charge is -2.38. The van der Waals surface area contributed by atoms with Crippen molar-refractivity contribution in [1.82, 2.24) is 14.7 Å². The zero-order chi connectivity index (χ0) is 21.7. The average Bonchev–Trinajstić information content (AvgIpc) is 3.31. The van der Waals surface area contributed by atoms with E-state index < -0.39 is 5.60 Å². The van der Waals surface area contributed by atoms with E-state index in [1.54, 1.807) is 17.4 Å². The highest BCUT2D eigenvalue weighted by atomic mass is 32.1. The molecule has 0 amide bonds. The van der Waals surface area contributed by atoms with Gasteiger partial charge in [0.05, 0.1) is 17.0 Å². The summed E-state index contributed by atoms with van der Waals surface area (Å²) in [5.74, 6) is 3.24. The van der Waals surface area contributed by atoms with E-state index in [0.29, 0.717) is 12.8 Å². The second-order valence-electron chi connectivity index (χ2n) is 7.83. The standard InChI is InChI=1S/C24H25N3O3S/c1-2-14-30-20-6-3-5-19(16-20)17-26-12-10-24(29,11-13-26)18-27-23(28)9-8-21(25-27)22-7-4-15-31-22/h1,3-9,15-16,29H,10-14,17-18H2. The van der Waals surface area contributed by atoms with Crippen LogP contribution >= 0.6 is 11.3 Å². The smallest absolute Gasteiger partial charge is 0.266 e. The number of rotatable bonds is 7. The van der Waals surface area contributed by atoms with Gasteiger partial charge in [0.2, 0.25) is 0 Å². The minimum absolute atomic E-state index is 0.194. The van der Waals surface area contributed by atoms with E-state index in [4.69, 9.17) is 11.2 Å². The molecule has 0 bridgehead atoms. The highest BCUT2D eigenvalue weighted by Crippen LogP contribution is 2.26. The van der Waals surface area contributed by atoms with Crippen LogP contribution in [0.2, 0.25) is 0 Å². The highest BCUT2D eigenvalue weighted by molar-refractivity contribution is 7.13. The maximum absolute atomic E-state index is 12.3. The molecule has 1 N–H and O–H groups in total. The van der Waals surface area contributed by atoms with E-state index in [-0.39, 0.29) is 18.7 Å². The van der Waals surface area contributed by atoms with Crippen molar-refractivity contribution >= 4 is 11.3 Å². The van der Waals surface area contributed by atoms with E-state index in [0.717, 1.165) is 41.5 Å². The number of hydrogen-bond acceptors (Lipinski definition) is 6. The Morgan fingerprint density at radius 2 is 2.03 bits per heavy atom. The molecule has 160 valence electrons. The lowest BCUT2D eigenvalue weighted by Crippen LogP contribution is -2.48. The predicted octanol–water partition coefficient (Wildman–Crippen LogP) is 3.01. The number of ether oxygens (including phenoxy) is 1. The van der Waals surface area contributed by atoms with Crippen molar-refractivity contribution in [3.63, 3.8) is 0 Å². The molecule has 1 aromatic carbocycles. The third-order valence-corrected chi connectivity index (χ3v) is 6.39. The Labute approximate surface area is 185 Å². The van der Waals surface area contributed by atoms with Gasteiger partial charge in [0.25, 0.3) is 5.56 Å². The molecular weight excluding hydrogens is 410 g/mol. The fourth-order valence-electron chi connectivity index (χ4n) is 3.80. The number of likely N-dealkylation sites (tertiary alicyclic amines) is 1. The third-order valence-electron chi connectivity index (χ3n) is 5.50. The van der Waals surface area contributed by atoms with Gasteiger partial charge in [-0.15, -0.1) is 17.8 Å². The number of benzene rings is 1. The first-order chi connectivity index (χ1) is 15.0. The Morgan fingerprint density at radius 1 is 1.19 bits per heavy atom. The molecule has 0 spiro atoms. The van der Waals surface area contributed by atoms with E-state index in [1.807, 2.05) is 35.7 Å². The summed E-state index contributed by atoms with van der Waals surface area (Å²) in [7, 11) is 0. The molecule has 0 unspecified atom stereocenters. The van der Waals surface area contributed by atoms with Gasteiger partial charge in [-0.25, -0.2) is 4.68 Å². The lowest BCUT2D eigenvalue weighted by atomic mass is 9.91. The molecule has 2 aromatic heterocycles. The summed E-state index contributed by atoms with van der Waals surface area (Å²) in [6, 6.07) is 15.1. The van der Waals surface area contributed by atoms with Crippen LogP contribution in [0.4, 0.5) is 0 Å². The molecule has 3 aromatic rings. The number of thiophene rings is 1. The minimum atomic E-state index is -0.945. The van der Waals surface area contributed by atoms with Gasteiger partial charge in [-0.2, -0.15) is 5.10 Å². The Kier molecular flexibility index (Phi) is 6.52. The Balaban J connectivity index is 1.38. The van der Waals surface area contributed by atoms with Crippen LogP contribution in [0.25, 0.3) is 10.6 Å². The Hall–Kier alpha value is -2.92. The normalized spacial score (nSPS) is 16.0. The molecule has 7 heteroatoms. The van der Waals surface area contributed by atoms with Crippen LogP contribution in [-0.2, 0) is 13.1 Å². The molecule has 6 nitrogen and oxygen atoms in total. The molecule has 3 heterocycles. The second kappa shape index (κ2) is 9.48. The van der Waals surface area contributed by atoms with E-state index in [2.05, 4.69) is 22.0 Å². The van der Waals surface area contributed by atoms with E-state index >= 15 is 0 Å². The topological polar surface area (TPSA) is 67.6 Å². The maximum Gasteiger partial charge on any atom is 0.266 e. The number of nitrogens with zero attached hydrogens (tertiary/aromatic N) is 3. The fourth-order valence-corrected chi connectivity index (χ4v) is 4.49. The SMILES string of the molecule is C#CCOc1cccc(CN2CCC(O)(Cn3nc(-c4cccs4)ccc3=O)CC2)c1. The van der Waals surface area contributed by atoms with Gasteiger partial charge in [-0.05, 0) is 48.1 Å². The monoisotopic (exact) mass is 435 g/mol. The van der Waals surface area contributed by atoms with Crippen molar-refractivity contribution in [2.75, 3.05) is 19.7 Å². The zero-order valence-corrected chi connectivity index (χ0v) is 18.1. The molecule has 1 fully saturated rings. The summed E-state index contributed by atoms with van der Waals surface area (Å²) in [5, 5.41) is 17.6. The molecule has 4 rings (SSSR count). The number of piperidine rings is 1. The van der Waals surface area contributed by atoms with Crippen LogP contribution < -0.4 is 10.3 Å². The van der Waals surface area contributed by atoms with Gasteiger partial charge in [-0.3, -0.25) is 9.69 Å². The first-order valence-corrected chi connectivity index (χ1v) is 11.1. The third kappa shape index (κ3) is 5.42. The summed E-state index contributed by atoms with van der Waals surface area (Å²) in [5.41, 5.74) is 0.753. The number of aromatic nitrogens is 2. The predicted molar refractivity (Wildman–Crippen MR) is 122 cm³/mol. The minimum Gasteiger partial charge on any atom is -0.481 e. The molecule has 0 atom stereocenters. The zero-order valence-electron chi connectivity index (χ0n) is 17.2. The summed E-state index contributed by atoms with van der Waals surface area (Å²) in [6.45, 7) is 2.71. The van der Waals surface area contributed by atoms with Crippen LogP contribution in [0.3, 0.4) is 0 Å². The first kappa shape index (κ1) is 21.3. The molecule has 1 saturated heterocycles. The van der Waals surface area contributed by atoms with Crippen LogP contribution in [-0.4, -0.2) is 45.1 Å². The fraction of sp³-hybridized carbons (Fsp3) is 0.333. The number of aliphatic hydroxyl groups is 1. The van der Waals surface area contributed by atoms with Crippen molar-refractivity contribution in [3.8, 4) is 28.7 Å². The van der Waals surface area contributed by atoms with Gasteiger partial charge in [0.15, 0.2) is 0 Å². The summed E-state index contributed by atoms with van der Waals surface area (Å²) in [6.07, 6.45) is 6.42. The Morgan fingerprint density at radius 3 is 2.77 bits per heavy atom. The summed E-state index contributed by atoms with van der Waals surface area (Å²) < 4.78 is 6.90. The molecule has 1 aliphatic heterocycles. The van der Waals surface area contributed by atoms with Crippen molar-refractivity contribution in [1.29, 1.82) is 0 Å². The molecule has 1 aliphatic rings. The van der Waals surface area contributed by atoms with Crippen molar-refractivity contribution in [2.45, 2.75) is 31.5 Å². The number of hydrogen-bond donors (Lipinski definition) is 1. The van der Waals surface area contributed by atoms with E-state index in [1.165, 1.54) is 10.7 Å². The van der Waals surface area contributed by atoms with Crippen LogP contribution in [0, 0.1) is 12.3 Å². The van der Waals surface area contributed by atoms with Gasteiger partial charge < -0.3 is 9.84 Å². The van der Waals surface area contributed by atoms with E-state index in [9.17, 15) is 9.90 Å². The summed E-state index contributed by atoms with van der Waals surface area (Å²) in [4.78, 5) is 15.6. The molecule has 0 radical (unpaired) electrons. The van der Waals surface area contributed by atoms with Gasteiger partial charge in [0, 0.05) is 25.7 Å². The van der Waals surface area contributed by atoms with Crippen LogP contribution in [0.15, 0.2) is 58.7 Å². The van der Waals surface area contributed by atoms with Gasteiger partial charge in [0.1, 0.15) is 18.1 Å². The van der Waals surface area contributed by atoms with Gasteiger partial charge >= 0.3 is 0 Å². The van der Waals surface area contributed by atoms with Crippen molar-refractivity contribution < 1.29 is 9.84 Å². The lowest BCUT2D eigenvalue weighted by molar-refractivity contribution is -0.0389. The van der Waals surface area contributed by atoms with Crippen LogP contribution in [0.5, 0.6) is 5.75 Å². The average molecular weight is 436 g/mol. The molecule has 0 aliphatic carbocycles. The molecular formula is C24H25N3O3S. The molecule has 31 heavy (non-hydrogen) atoms. The second-order valence-corrected chi connectivity index (χ2v) is 8.78.